The molecule has 1 saturated heterocycles. The van der Waals surface area contributed by atoms with Crippen LogP contribution < -0.4 is 0 Å². The molecule has 132 valence electrons. The fourth-order valence-electron chi connectivity index (χ4n) is 2.73. The Morgan fingerprint density at radius 2 is 1.92 bits per heavy atom. The molecule has 0 radical (unpaired) electrons. The summed E-state index contributed by atoms with van der Waals surface area (Å²) < 4.78 is 6.33. The number of ether oxygens (including phenoxy) is 1. The van der Waals surface area contributed by atoms with Crippen molar-refractivity contribution in [2.45, 2.75) is 46.3 Å². The Hall–Kier alpha value is -1.56. The van der Waals surface area contributed by atoms with Gasteiger partial charge in [0.15, 0.2) is 0 Å². The first kappa shape index (κ1) is 18.8. The molecule has 1 aromatic rings. The molecule has 0 aliphatic carbocycles. The third-order valence-electron chi connectivity index (χ3n) is 3.97. The number of benzene rings is 1. The van der Waals surface area contributed by atoms with Gasteiger partial charge in [-0.3, -0.25) is 4.79 Å². The number of carbonyl (C=O) groups is 2. The topological polar surface area (TPSA) is 49.9 Å². The molecule has 1 aliphatic rings. The summed E-state index contributed by atoms with van der Waals surface area (Å²) in [7, 11) is 0. The molecule has 6 heteroatoms. The van der Waals surface area contributed by atoms with Crippen molar-refractivity contribution in [1.29, 1.82) is 0 Å². The highest BCUT2D eigenvalue weighted by Gasteiger charge is 2.33. The Balaban J connectivity index is 2.06. The Bertz CT molecular complexity index is 640. The summed E-state index contributed by atoms with van der Waals surface area (Å²) >= 11 is 3.42. The van der Waals surface area contributed by atoms with Crippen LogP contribution in [0.25, 0.3) is 0 Å². The van der Waals surface area contributed by atoms with Crippen LogP contribution >= 0.6 is 15.9 Å². The lowest BCUT2D eigenvalue weighted by molar-refractivity contribution is 0.00197. The molecule has 0 unspecified atom stereocenters. The van der Waals surface area contributed by atoms with Crippen molar-refractivity contribution in [2.24, 2.45) is 0 Å². The number of amides is 2. The van der Waals surface area contributed by atoms with E-state index >= 15 is 0 Å². The maximum absolute atomic E-state index is 12.8. The zero-order valence-corrected chi connectivity index (χ0v) is 16.5. The van der Waals surface area contributed by atoms with Crippen LogP contribution in [0.4, 0.5) is 4.79 Å². The summed E-state index contributed by atoms with van der Waals surface area (Å²) in [5, 5.41) is 0. The first-order valence-electron chi connectivity index (χ1n) is 8.13. The molecule has 0 spiro atoms. The number of carbonyl (C=O) groups excluding carboxylic acids is 2. The summed E-state index contributed by atoms with van der Waals surface area (Å²) in [6.07, 6.45) is -0.319. The van der Waals surface area contributed by atoms with Gasteiger partial charge in [-0.25, -0.2) is 4.79 Å². The molecule has 1 aromatic carbocycles. The standard InChI is InChI=1S/C18H25BrN2O3/c1-12-6-7-14(19)10-15(12)16(22)20-8-9-21(13(2)11-20)17(23)24-18(3,4)5/h6-7,10,13H,8-9,11H2,1-5H3/t13-/m1/s1. The van der Waals surface area contributed by atoms with Gasteiger partial charge in [-0.2, -0.15) is 0 Å². The van der Waals surface area contributed by atoms with Gasteiger partial charge in [0.25, 0.3) is 5.91 Å². The van der Waals surface area contributed by atoms with Crippen molar-refractivity contribution >= 4 is 27.9 Å². The minimum absolute atomic E-state index is 0.00416. The van der Waals surface area contributed by atoms with Crippen molar-refractivity contribution in [3.8, 4) is 0 Å². The molecule has 1 heterocycles. The first-order valence-corrected chi connectivity index (χ1v) is 8.93. The molecule has 0 N–H and O–H groups in total. The number of halogens is 1. The molecule has 2 amide bonds. The van der Waals surface area contributed by atoms with Crippen LogP contribution in [0, 0.1) is 6.92 Å². The van der Waals surface area contributed by atoms with E-state index in [1.807, 2.05) is 52.8 Å². The molecular formula is C18H25BrN2O3. The molecular weight excluding hydrogens is 372 g/mol. The lowest BCUT2D eigenvalue weighted by atomic mass is 10.1. The normalized spacial score (nSPS) is 18.5. The number of nitrogens with zero attached hydrogens (tertiary/aromatic N) is 2. The van der Waals surface area contributed by atoms with Gasteiger partial charge in [0.1, 0.15) is 5.60 Å². The Labute approximate surface area is 152 Å². The molecule has 2 rings (SSSR count). The molecule has 24 heavy (non-hydrogen) atoms. The highest BCUT2D eigenvalue weighted by atomic mass is 79.9. The fraction of sp³-hybridized carbons (Fsp3) is 0.556. The van der Waals surface area contributed by atoms with E-state index in [1.54, 1.807) is 9.80 Å². The molecule has 5 nitrogen and oxygen atoms in total. The van der Waals surface area contributed by atoms with Crippen LogP contribution in [0.2, 0.25) is 0 Å². The highest BCUT2D eigenvalue weighted by molar-refractivity contribution is 9.10. The highest BCUT2D eigenvalue weighted by Crippen LogP contribution is 2.21. The van der Waals surface area contributed by atoms with Crippen LogP contribution in [0.15, 0.2) is 22.7 Å². The number of piperazine rings is 1. The quantitative estimate of drug-likeness (QED) is 0.724. The predicted molar refractivity (Wildman–Crippen MR) is 97.2 cm³/mol. The maximum atomic E-state index is 12.8. The Morgan fingerprint density at radius 1 is 1.25 bits per heavy atom. The molecule has 1 fully saturated rings. The second kappa shape index (κ2) is 7.13. The summed E-state index contributed by atoms with van der Waals surface area (Å²) in [4.78, 5) is 28.6. The first-order chi connectivity index (χ1) is 11.1. The van der Waals surface area contributed by atoms with Crippen LogP contribution in [0.5, 0.6) is 0 Å². The minimum Gasteiger partial charge on any atom is -0.444 e. The van der Waals surface area contributed by atoms with Crippen molar-refractivity contribution in [3.63, 3.8) is 0 Å². The summed E-state index contributed by atoms with van der Waals surface area (Å²) in [6.45, 7) is 10.9. The summed E-state index contributed by atoms with van der Waals surface area (Å²) in [5.74, 6) is 0.00416. The van der Waals surface area contributed by atoms with Gasteiger partial charge in [-0.05, 0) is 52.3 Å². The molecule has 0 saturated carbocycles. The second-order valence-corrected chi connectivity index (χ2v) is 8.15. The summed E-state index contributed by atoms with van der Waals surface area (Å²) in [5.41, 5.74) is 1.13. The number of aryl methyl sites for hydroxylation is 1. The summed E-state index contributed by atoms with van der Waals surface area (Å²) in [6, 6.07) is 5.63. The molecule has 1 atom stereocenters. The van der Waals surface area contributed by atoms with Gasteiger partial charge < -0.3 is 14.5 Å². The van der Waals surface area contributed by atoms with E-state index < -0.39 is 5.60 Å². The largest absolute Gasteiger partial charge is 0.444 e. The molecule has 0 bridgehead atoms. The smallest absolute Gasteiger partial charge is 0.410 e. The van der Waals surface area contributed by atoms with Gasteiger partial charge in [0, 0.05) is 35.7 Å². The Morgan fingerprint density at radius 3 is 2.50 bits per heavy atom. The number of hydrogen-bond acceptors (Lipinski definition) is 3. The van der Waals surface area contributed by atoms with E-state index in [0.717, 1.165) is 10.0 Å². The van der Waals surface area contributed by atoms with Crippen molar-refractivity contribution < 1.29 is 14.3 Å². The minimum atomic E-state index is -0.517. The number of rotatable bonds is 1. The second-order valence-electron chi connectivity index (χ2n) is 7.23. The SMILES string of the molecule is Cc1ccc(Br)cc1C(=O)N1CCN(C(=O)OC(C)(C)C)[C@H](C)C1. The van der Waals surface area contributed by atoms with Crippen LogP contribution in [-0.4, -0.2) is 53.1 Å². The van der Waals surface area contributed by atoms with Crippen LogP contribution in [0.1, 0.15) is 43.6 Å². The monoisotopic (exact) mass is 396 g/mol. The van der Waals surface area contributed by atoms with Crippen molar-refractivity contribution in [3.05, 3.63) is 33.8 Å². The molecule has 0 aromatic heterocycles. The average molecular weight is 397 g/mol. The van der Waals surface area contributed by atoms with E-state index in [2.05, 4.69) is 15.9 Å². The third-order valence-corrected chi connectivity index (χ3v) is 4.47. The third kappa shape index (κ3) is 4.50. The van der Waals surface area contributed by atoms with Gasteiger partial charge in [-0.15, -0.1) is 0 Å². The van der Waals surface area contributed by atoms with E-state index in [1.165, 1.54) is 0 Å². The maximum Gasteiger partial charge on any atom is 0.410 e. The van der Waals surface area contributed by atoms with Gasteiger partial charge in [0.05, 0.1) is 0 Å². The van der Waals surface area contributed by atoms with E-state index in [-0.39, 0.29) is 18.0 Å². The van der Waals surface area contributed by atoms with Gasteiger partial charge in [0.2, 0.25) is 0 Å². The van der Waals surface area contributed by atoms with Crippen molar-refractivity contribution in [1.82, 2.24) is 9.80 Å². The van der Waals surface area contributed by atoms with Gasteiger partial charge >= 0.3 is 6.09 Å². The van der Waals surface area contributed by atoms with Gasteiger partial charge in [-0.1, -0.05) is 22.0 Å². The fourth-order valence-corrected chi connectivity index (χ4v) is 3.09. The molecule has 1 aliphatic heterocycles. The zero-order chi connectivity index (χ0) is 18.1. The predicted octanol–water partition coefficient (Wildman–Crippen LogP) is 3.84. The lowest BCUT2D eigenvalue weighted by Crippen LogP contribution is -2.56. The van der Waals surface area contributed by atoms with E-state index in [9.17, 15) is 9.59 Å². The lowest BCUT2D eigenvalue weighted by Gasteiger charge is -2.40. The van der Waals surface area contributed by atoms with E-state index in [0.29, 0.717) is 25.2 Å². The number of hydrogen-bond donors (Lipinski definition) is 0. The van der Waals surface area contributed by atoms with Crippen LogP contribution in [-0.2, 0) is 4.74 Å². The van der Waals surface area contributed by atoms with Crippen LogP contribution in [0.3, 0.4) is 0 Å². The van der Waals surface area contributed by atoms with Crippen molar-refractivity contribution in [2.75, 3.05) is 19.6 Å². The zero-order valence-electron chi connectivity index (χ0n) is 14.9. The Kier molecular flexibility index (Phi) is 5.58. The van der Waals surface area contributed by atoms with E-state index in [4.69, 9.17) is 4.74 Å². The average Bonchev–Trinajstić information content (AvgIpc) is 2.47.